The number of fused-ring (bicyclic) bond motifs is 1. The summed E-state index contributed by atoms with van der Waals surface area (Å²) < 4.78 is 8.17. The van der Waals surface area contributed by atoms with E-state index in [2.05, 4.69) is 26.7 Å². The van der Waals surface area contributed by atoms with E-state index >= 15 is 0 Å². The first-order valence-electron chi connectivity index (χ1n) is 9.96. The van der Waals surface area contributed by atoms with Gasteiger partial charge in [0.1, 0.15) is 5.76 Å². The van der Waals surface area contributed by atoms with Crippen LogP contribution in [0.4, 0.5) is 0 Å². The van der Waals surface area contributed by atoms with E-state index in [9.17, 15) is 4.79 Å². The second-order valence-corrected chi connectivity index (χ2v) is 7.56. The van der Waals surface area contributed by atoms with Gasteiger partial charge in [-0.05, 0) is 61.8 Å². The fraction of sp³-hybridized carbons (Fsp3) is 0.364. The predicted octanol–water partition coefficient (Wildman–Crippen LogP) is 3.32. The number of aromatic nitrogens is 2. The fourth-order valence-electron chi connectivity index (χ4n) is 4.37. The molecular weight excluding hydrogens is 352 g/mol. The van der Waals surface area contributed by atoms with E-state index in [4.69, 9.17) is 4.42 Å². The third-order valence-corrected chi connectivity index (χ3v) is 5.75. The molecule has 0 radical (unpaired) electrons. The minimum absolute atomic E-state index is 0.0611. The van der Waals surface area contributed by atoms with Gasteiger partial charge in [0.15, 0.2) is 5.76 Å². The van der Waals surface area contributed by atoms with E-state index in [1.54, 1.807) is 6.20 Å². The fourth-order valence-corrected chi connectivity index (χ4v) is 4.37. The Hall–Kier alpha value is -2.86. The number of carbonyl (C=O) groups is 1. The second kappa shape index (κ2) is 7.28. The summed E-state index contributed by atoms with van der Waals surface area (Å²) in [7, 11) is 0. The van der Waals surface area contributed by atoms with Crippen LogP contribution in [0.2, 0.25) is 0 Å². The van der Waals surface area contributed by atoms with E-state index in [1.807, 2.05) is 41.4 Å². The van der Waals surface area contributed by atoms with Crippen molar-refractivity contribution in [1.29, 1.82) is 0 Å². The lowest BCUT2D eigenvalue weighted by atomic mass is 10.0. The number of pyridine rings is 1. The van der Waals surface area contributed by atoms with Crippen LogP contribution in [0, 0.1) is 0 Å². The molecule has 0 N–H and O–H groups in total. The molecule has 1 atom stereocenters. The smallest absolute Gasteiger partial charge is 0.290 e. The van der Waals surface area contributed by atoms with Crippen molar-refractivity contribution in [2.75, 3.05) is 19.6 Å². The van der Waals surface area contributed by atoms with Gasteiger partial charge in [0.25, 0.3) is 5.91 Å². The van der Waals surface area contributed by atoms with Crippen molar-refractivity contribution in [3.05, 3.63) is 77.8 Å². The van der Waals surface area contributed by atoms with Crippen LogP contribution in [0.5, 0.6) is 0 Å². The quantitative estimate of drug-likeness (QED) is 0.701. The Morgan fingerprint density at radius 3 is 2.79 bits per heavy atom. The minimum atomic E-state index is -0.155. The first kappa shape index (κ1) is 17.3. The number of hydrogen-bond donors (Lipinski definition) is 0. The van der Waals surface area contributed by atoms with Gasteiger partial charge in [-0.25, -0.2) is 0 Å². The highest BCUT2D eigenvalue weighted by atomic mass is 16.4. The normalized spacial score (nSPS) is 19.7. The van der Waals surface area contributed by atoms with E-state index < -0.39 is 0 Å². The summed E-state index contributed by atoms with van der Waals surface area (Å²) in [6, 6.07) is 11.7. The monoisotopic (exact) mass is 376 g/mol. The van der Waals surface area contributed by atoms with Crippen LogP contribution in [0.3, 0.4) is 0 Å². The highest BCUT2D eigenvalue weighted by Gasteiger charge is 2.34. The molecule has 1 fully saturated rings. The first-order chi connectivity index (χ1) is 13.8. The number of furan rings is 1. The Kier molecular flexibility index (Phi) is 4.49. The van der Waals surface area contributed by atoms with Crippen molar-refractivity contribution in [3.8, 4) is 0 Å². The number of likely N-dealkylation sites (tertiary alicyclic amines) is 1. The minimum Gasteiger partial charge on any atom is -0.455 e. The van der Waals surface area contributed by atoms with Crippen LogP contribution in [0.15, 0.2) is 59.4 Å². The van der Waals surface area contributed by atoms with Gasteiger partial charge in [-0.15, -0.1) is 0 Å². The second-order valence-electron chi connectivity index (χ2n) is 7.56. The molecular formula is C22H24N4O2. The summed E-state index contributed by atoms with van der Waals surface area (Å²) in [5.74, 6) is 1.22. The van der Waals surface area contributed by atoms with Crippen molar-refractivity contribution in [3.63, 3.8) is 0 Å². The molecule has 6 heteroatoms. The molecule has 1 saturated heterocycles. The van der Waals surface area contributed by atoms with Gasteiger partial charge in [-0.1, -0.05) is 6.07 Å². The van der Waals surface area contributed by atoms with Crippen molar-refractivity contribution in [2.45, 2.75) is 32.0 Å². The Balaban J connectivity index is 1.42. The summed E-state index contributed by atoms with van der Waals surface area (Å²) >= 11 is 0. The number of amides is 1. The van der Waals surface area contributed by atoms with Crippen LogP contribution in [0.1, 0.15) is 46.5 Å². The van der Waals surface area contributed by atoms with Crippen molar-refractivity contribution in [1.82, 2.24) is 19.4 Å². The lowest BCUT2D eigenvalue weighted by Crippen LogP contribution is -2.42. The number of nitrogens with zero attached hydrogens (tertiary/aromatic N) is 4. The molecule has 3 aromatic heterocycles. The van der Waals surface area contributed by atoms with Gasteiger partial charge < -0.3 is 13.9 Å². The summed E-state index contributed by atoms with van der Waals surface area (Å²) in [5, 5.41) is 0. The molecule has 0 aromatic carbocycles. The van der Waals surface area contributed by atoms with Gasteiger partial charge in [-0.2, -0.15) is 0 Å². The predicted molar refractivity (Wildman–Crippen MR) is 105 cm³/mol. The zero-order chi connectivity index (χ0) is 18.9. The molecule has 5 rings (SSSR count). The van der Waals surface area contributed by atoms with Crippen molar-refractivity contribution < 1.29 is 9.21 Å². The molecule has 3 aromatic rings. The average Bonchev–Trinajstić information content (AvgIpc) is 3.49. The molecule has 28 heavy (non-hydrogen) atoms. The molecule has 6 nitrogen and oxygen atoms in total. The van der Waals surface area contributed by atoms with Gasteiger partial charge >= 0.3 is 0 Å². The average molecular weight is 376 g/mol. The Morgan fingerprint density at radius 2 is 1.96 bits per heavy atom. The van der Waals surface area contributed by atoms with Gasteiger partial charge in [0.05, 0.1) is 12.6 Å². The highest BCUT2D eigenvalue weighted by molar-refractivity contribution is 5.92. The van der Waals surface area contributed by atoms with E-state index in [0.717, 1.165) is 43.2 Å². The number of hydrogen-bond acceptors (Lipinski definition) is 4. The van der Waals surface area contributed by atoms with Crippen LogP contribution < -0.4 is 0 Å². The zero-order valence-electron chi connectivity index (χ0n) is 15.8. The molecule has 0 spiro atoms. The van der Waals surface area contributed by atoms with Crippen LogP contribution in [-0.4, -0.2) is 44.9 Å². The summed E-state index contributed by atoms with van der Waals surface area (Å²) in [5.41, 5.74) is 2.12. The first-order valence-corrected chi connectivity index (χ1v) is 9.96. The summed E-state index contributed by atoms with van der Waals surface area (Å²) in [6.07, 6.45) is 8.16. The van der Waals surface area contributed by atoms with Gasteiger partial charge in [0, 0.05) is 37.4 Å². The van der Waals surface area contributed by atoms with Crippen LogP contribution in [0.25, 0.3) is 0 Å². The maximum Gasteiger partial charge on any atom is 0.290 e. The molecule has 1 unspecified atom stereocenters. The topological polar surface area (TPSA) is 54.5 Å². The lowest BCUT2D eigenvalue weighted by molar-refractivity contribution is 0.0627. The van der Waals surface area contributed by atoms with E-state index in [0.29, 0.717) is 12.3 Å². The van der Waals surface area contributed by atoms with Crippen molar-refractivity contribution in [2.24, 2.45) is 0 Å². The lowest BCUT2D eigenvalue weighted by Gasteiger charge is -2.36. The number of rotatable bonds is 4. The van der Waals surface area contributed by atoms with Crippen molar-refractivity contribution >= 4 is 5.91 Å². The summed E-state index contributed by atoms with van der Waals surface area (Å²) in [6.45, 7) is 4.42. The number of carbonyl (C=O) groups excluding carboxylic acids is 1. The SMILES string of the molecule is O=C(c1ccc(CN2CCCC2)o1)N1CCn2cccc2C1c1cccnc1. The van der Waals surface area contributed by atoms with Crippen LogP contribution in [-0.2, 0) is 13.1 Å². The highest BCUT2D eigenvalue weighted by Crippen LogP contribution is 2.33. The van der Waals surface area contributed by atoms with Gasteiger partial charge in [-0.3, -0.25) is 14.7 Å². The largest absolute Gasteiger partial charge is 0.455 e. The molecule has 1 amide bonds. The third kappa shape index (κ3) is 3.14. The summed E-state index contributed by atoms with van der Waals surface area (Å²) in [4.78, 5) is 21.9. The molecule has 0 bridgehead atoms. The van der Waals surface area contributed by atoms with E-state index in [1.165, 1.54) is 12.8 Å². The molecule has 0 aliphatic carbocycles. The molecule has 144 valence electrons. The zero-order valence-corrected chi connectivity index (χ0v) is 15.8. The molecule has 2 aliphatic heterocycles. The Bertz CT molecular complexity index is 956. The molecule has 0 saturated carbocycles. The molecule has 2 aliphatic rings. The van der Waals surface area contributed by atoms with E-state index in [-0.39, 0.29) is 11.9 Å². The Morgan fingerprint density at radius 1 is 1.07 bits per heavy atom. The Labute approximate surface area is 164 Å². The molecule has 5 heterocycles. The van der Waals surface area contributed by atoms with Gasteiger partial charge in [0.2, 0.25) is 0 Å². The standard InChI is InChI=1S/C22H24N4O2/c27-22(20-8-7-18(28-20)16-24-10-1-2-11-24)26-14-13-25-12-4-6-19(25)21(26)17-5-3-9-23-15-17/h3-9,12,15,21H,1-2,10-11,13-14,16H2. The maximum absolute atomic E-state index is 13.4. The van der Waals surface area contributed by atoms with Crippen LogP contribution >= 0.6 is 0 Å². The third-order valence-electron chi connectivity index (χ3n) is 5.75. The maximum atomic E-state index is 13.4.